The molecule has 1 aliphatic carbocycles. The smallest absolute Gasteiger partial charge is 0.134 e. The van der Waals surface area contributed by atoms with Gasteiger partial charge in [-0.25, -0.2) is 0 Å². The van der Waals surface area contributed by atoms with Crippen molar-refractivity contribution in [1.82, 2.24) is 5.32 Å². The summed E-state index contributed by atoms with van der Waals surface area (Å²) in [6, 6.07) is 5.75. The van der Waals surface area contributed by atoms with E-state index in [0.29, 0.717) is 10.5 Å². The van der Waals surface area contributed by atoms with Crippen LogP contribution in [0, 0.1) is 0 Å². The van der Waals surface area contributed by atoms with Crippen LogP contribution in [-0.2, 0) is 6.54 Å². The summed E-state index contributed by atoms with van der Waals surface area (Å²) in [6.45, 7) is 1.76. The number of phenolic OH excluding ortho intramolecular Hbond substituents is 1. The molecule has 2 N–H and O–H groups in total. The highest BCUT2D eigenvalue weighted by Gasteiger charge is 2.41. The molecule has 1 aliphatic rings. The Hall–Kier alpha value is -0.190. The fourth-order valence-corrected chi connectivity index (χ4v) is 2.88. The Morgan fingerprint density at radius 2 is 2.25 bits per heavy atom. The van der Waals surface area contributed by atoms with Gasteiger partial charge in [-0.15, -0.1) is 0 Å². The molecule has 0 saturated heterocycles. The second kappa shape index (κ2) is 4.98. The fourth-order valence-electron chi connectivity index (χ4n) is 1.72. The Kier molecular flexibility index (Phi) is 3.82. The minimum Gasteiger partial charge on any atom is -0.506 e. The number of benzene rings is 1. The molecule has 2 nitrogen and oxygen atoms in total. The van der Waals surface area contributed by atoms with E-state index in [4.69, 9.17) is 0 Å². The van der Waals surface area contributed by atoms with Gasteiger partial charge in [0.15, 0.2) is 0 Å². The predicted molar refractivity (Wildman–Crippen MR) is 73.0 cm³/mol. The van der Waals surface area contributed by atoms with Crippen molar-refractivity contribution in [2.45, 2.75) is 24.1 Å². The van der Waals surface area contributed by atoms with Crippen LogP contribution in [0.1, 0.15) is 18.4 Å². The molecule has 16 heavy (non-hydrogen) atoms. The second-order valence-electron chi connectivity index (χ2n) is 4.24. The number of aromatic hydroxyl groups is 1. The lowest BCUT2D eigenvalue weighted by atomic mass is 10.2. The average molecular weight is 302 g/mol. The zero-order chi connectivity index (χ0) is 11.6. The first-order valence-corrected chi connectivity index (χ1v) is 7.41. The van der Waals surface area contributed by atoms with E-state index in [1.54, 1.807) is 0 Å². The van der Waals surface area contributed by atoms with Gasteiger partial charge in [-0.05, 0) is 41.1 Å². The Morgan fingerprint density at radius 1 is 1.50 bits per heavy atom. The van der Waals surface area contributed by atoms with Gasteiger partial charge in [0.25, 0.3) is 0 Å². The van der Waals surface area contributed by atoms with Gasteiger partial charge in [-0.2, -0.15) is 11.8 Å². The van der Waals surface area contributed by atoms with E-state index in [0.717, 1.165) is 23.1 Å². The Balaban J connectivity index is 1.88. The molecule has 4 heteroatoms. The third kappa shape index (κ3) is 2.73. The van der Waals surface area contributed by atoms with Crippen molar-refractivity contribution in [2.75, 3.05) is 12.8 Å². The maximum Gasteiger partial charge on any atom is 0.134 e. The normalized spacial score (nSPS) is 17.4. The zero-order valence-electron chi connectivity index (χ0n) is 9.29. The molecule has 0 amide bonds. The highest BCUT2D eigenvalue weighted by molar-refractivity contribution is 9.10. The van der Waals surface area contributed by atoms with Crippen molar-refractivity contribution >= 4 is 27.7 Å². The lowest BCUT2D eigenvalue weighted by Crippen LogP contribution is -2.25. The summed E-state index contributed by atoms with van der Waals surface area (Å²) in [5.41, 5.74) is 0.950. The van der Waals surface area contributed by atoms with Gasteiger partial charge < -0.3 is 10.4 Å². The number of para-hydroxylation sites is 1. The van der Waals surface area contributed by atoms with Crippen LogP contribution in [0.5, 0.6) is 5.75 Å². The molecule has 0 aliphatic heterocycles. The van der Waals surface area contributed by atoms with Gasteiger partial charge >= 0.3 is 0 Å². The van der Waals surface area contributed by atoms with Crippen molar-refractivity contribution in [3.63, 3.8) is 0 Å². The molecule has 0 heterocycles. The van der Waals surface area contributed by atoms with Crippen molar-refractivity contribution in [3.05, 3.63) is 28.2 Å². The molecule has 0 radical (unpaired) electrons. The number of halogens is 1. The summed E-state index contributed by atoms with van der Waals surface area (Å²) in [6.07, 6.45) is 4.79. The topological polar surface area (TPSA) is 32.3 Å². The number of rotatable bonds is 5. The predicted octanol–water partition coefficient (Wildman–Crippen LogP) is 3.14. The summed E-state index contributed by atoms with van der Waals surface area (Å²) in [5, 5.41) is 13.2. The van der Waals surface area contributed by atoms with Crippen LogP contribution >= 0.6 is 27.7 Å². The number of thioether (sulfide) groups is 1. The van der Waals surface area contributed by atoms with E-state index in [1.807, 2.05) is 30.0 Å². The molecular formula is C12H16BrNOS. The van der Waals surface area contributed by atoms with E-state index in [1.165, 1.54) is 12.8 Å². The maximum atomic E-state index is 9.81. The van der Waals surface area contributed by atoms with Crippen LogP contribution in [0.3, 0.4) is 0 Å². The number of phenols is 1. The van der Waals surface area contributed by atoms with Gasteiger partial charge in [0, 0.05) is 23.4 Å². The first kappa shape index (κ1) is 12.3. The SMILES string of the molecule is CSC1(CNCc2cccc(Br)c2O)CC1. The van der Waals surface area contributed by atoms with E-state index >= 15 is 0 Å². The van der Waals surface area contributed by atoms with E-state index < -0.39 is 0 Å². The largest absolute Gasteiger partial charge is 0.506 e. The first-order valence-electron chi connectivity index (χ1n) is 5.39. The molecule has 0 aromatic heterocycles. The Morgan fingerprint density at radius 3 is 2.88 bits per heavy atom. The van der Waals surface area contributed by atoms with Crippen LogP contribution in [0.25, 0.3) is 0 Å². The molecule has 2 rings (SSSR count). The minimum atomic E-state index is 0.351. The van der Waals surface area contributed by atoms with Crippen molar-refractivity contribution in [3.8, 4) is 5.75 Å². The molecule has 1 aromatic carbocycles. The molecule has 1 fully saturated rings. The van der Waals surface area contributed by atoms with Gasteiger partial charge in [0.1, 0.15) is 5.75 Å². The van der Waals surface area contributed by atoms with Crippen LogP contribution in [0.15, 0.2) is 22.7 Å². The summed E-state index contributed by atoms with van der Waals surface area (Å²) >= 11 is 5.27. The van der Waals surface area contributed by atoms with Crippen LogP contribution in [0.4, 0.5) is 0 Å². The van der Waals surface area contributed by atoms with Crippen LogP contribution in [-0.4, -0.2) is 22.7 Å². The van der Waals surface area contributed by atoms with Crippen LogP contribution in [0.2, 0.25) is 0 Å². The monoisotopic (exact) mass is 301 g/mol. The molecule has 0 bridgehead atoms. The number of hydrogen-bond donors (Lipinski definition) is 2. The summed E-state index contributed by atoms with van der Waals surface area (Å²) in [7, 11) is 0. The lowest BCUT2D eigenvalue weighted by molar-refractivity contribution is 0.461. The fraction of sp³-hybridized carbons (Fsp3) is 0.500. The number of hydrogen-bond acceptors (Lipinski definition) is 3. The Labute approximate surface area is 109 Å². The second-order valence-corrected chi connectivity index (χ2v) is 6.37. The maximum absolute atomic E-state index is 9.81. The van der Waals surface area contributed by atoms with Crippen LogP contribution < -0.4 is 5.32 Å². The molecule has 1 saturated carbocycles. The van der Waals surface area contributed by atoms with E-state index in [9.17, 15) is 5.11 Å². The van der Waals surface area contributed by atoms with Crippen molar-refractivity contribution in [1.29, 1.82) is 0 Å². The molecule has 0 unspecified atom stereocenters. The average Bonchev–Trinajstić information content (AvgIpc) is 3.05. The van der Waals surface area contributed by atoms with E-state index in [-0.39, 0.29) is 0 Å². The highest BCUT2D eigenvalue weighted by Crippen LogP contribution is 2.46. The highest BCUT2D eigenvalue weighted by atomic mass is 79.9. The molecule has 88 valence electrons. The minimum absolute atomic E-state index is 0.351. The van der Waals surface area contributed by atoms with Gasteiger partial charge in [0.05, 0.1) is 4.47 Å². The Bertz CT molecular complexity index is 379. The lowest BCUT2D eigenvalue weighted by Gasteiger charge is -2.13. The van der Waals surface area contributed by atoms with Crippen molar-refractivity contribution in [2.24, 2.45) is 0 Å². The van der Waals surface area contributed by atoms with E-state index in [2.05, 4.69) is 27.5 Å². The third-order valence-corrected chi connectivity index (χ3v) is 5.13. The number of nitrogens with one attached hydrogen (secondary N) is 1. The van der Waals surface area contributed by atoms with Gasteiger partial charge in [0.2, 0.25) is 0 Å². The summed E-state index contributed by atoms with van der Waals surface area (Å²) in [4.78, 5) is 0. The quantitative estimate of drug-likeness (QED) is 0.876. The molecule has 0 atom stereocenters. The van der Waals surface area contributed by atoms with Crippen molar-refractivity contribution < 1.29 is 5.11 Å². The van der Waals surface area contributed by atoms with Gasteiger partial charge in [-0.1, -0.05) is 12.1 Å². The molecular weight excluding hydrogens is 286 g/mol. The zero-order valence-corrected chi connectivity index (χ0v) is 11.7. The standard InChI is InChI=1S/C12H16BrNOS/c1-16-12(5-6-12)8-14-7-9-3-2-4-10(13)11(9)15/h2-4,14-15H,5-8H2,1H3. The molecule has 0 spiro atoms. The third-order valence-electron chi connectivity index (χ3n) is 3.07. The molecule has 1 aromatic rings. The summed E-state index contributed by atoms with van der Waals surface area (Å²) in [5.74, 6) is 0.351. The van der Waals surface area contributed by atoms with Gasteiger partial charge in [-0.3, -0.25) is 0 Å². The summed E-state index contributed by atoms with van der Waals surface area (Å²) < 4.78 is 1.24. The first-order chi connectivity index (χ1) is 7.67.